The fourth-order valence-electron chi connectivity index (χ4n) is 6.17. The molecular formula is C23H40N6O. The second kappa shape index (κ2) is 8.95. The van der Waals surface area contributed by atoms with Gasteiger partial charge in [-0.05, 0) is 56.9 Å². The molecule has 0 aliphatic carbocycles. The van der Waals surface area contributed by atoms with Crippen LogP contribution in [0.4, 0.5) is 0 Å². The lowest BCUT2D eigenvalue weighted by atomic mass is 9.71. The van der Waals surface area contributed by atoms with E-state index in [2.05, 4.69) is 40.7 Å². The van der Waals surface area contributed by atoms with Crippen LogP contribution < -0.4 is 5.73 Å². The Labute approximate surface area is 181 Å². The molecule has 3 aliphatic heterocycles. The summed E-state index contributed by atoms with van der Waals surface area (Å²) in [5, 5.41) is 4.50. The van der Waals surface area contributed by atoms with Crippen LogP contribution in [0.25, 0.3) is 0 Å². The smallest absolute Gasteiger partial charge is 0.244 e. The first-order valence-corrected chi connectivity index (χ1v) is 12.1. The molecule has 3 saturated heterocycles. The number of nitrogens with zero attached hydrogens (tertiary/aromatic N) is 5. The quantitative estimate of drug-likeness (QED) is 0.771. The highest BCUT2D eigenvalue weighted by Gasteiger charge is 2.47. The van der Waals surface area contributed by atoms with Gasteiger partial charge in [-0.3, -0.25) is 9.69 Å². The van der Waals surface area contributed by atoms with Crippen LogP contribution in [0.5, 0.6) is 0 Å². The van der Waals surface area contributed by atoms with Crippen LogP contribution in [0.1, 0.15) is 77.0 Å². The highest BCUT2D eigenvalue weighted by atomic mass is 16.2. The summed E-state index contributed by atoms with van der Waals surface area (Å²) in [6.45, 7) is 11.6. The molecule has 0 saturated carbocycles. The average Bonchev–Trinajstić information content (AvgIpc) is 3.10. The minimum absolute atomic E-state index is 0.173. The van der Waals surface area contributed by atoms with E-state index in [1.54, 1.807) is 4.68 Å². The van der Waals surface area contributed by atoms with Crippen LogP contribution in [-0.4, -0.2) is 62.2 Å². The number of amides is 1. The van der Waals surface area contributed by atoms with Crippen molar-refractivity contribution in [3.8, 4) is 0 Å². The van der Waals surface area contributed by atoms with E-state index < -0.39 is 0 Å². The van der Waals surface area contributed by atoms with Crippen LogP contribution in [0.15, 0.2) is 0 Å². The van der Waals surface area contributed by atoms with Gasteiger partial charge in [0.15, 0.2) is 0 Å². The predicted octanol–water partition coefficient (Wildman–Crippen LogP) is 2.74. The summed E-state index contributed by atoms with van der Waals surface area (Å²) in [6.07, 6.45) is 7.74. The van der Waals surface area contributed by atoms with Gasteiger partial charge in [-0.2, -0.15) is 5.10 Å². The van der Waals surface area contributed by atoms with Crippen molar-refractivity contribution in [1.29, 1.82) is 0 Å². The number of nitrogens with two attached hydrogens (primary N) is 1. The molecule has 3 fully saturated rings. The topological polar surface area (TPSA) is 80.3 Å². The van der Waals surface area contributed by atoms with Crippen molar-refractivity contribution in [2.45, 2.75) is 90.9 Å². The molecule has 2 N–H and O–H groups in total. The molecule has 168 valence electrons. The van der Waals surface area contributed by atoms with Gasteiger partial charge in [0.1, 0.15) is 18.2 Å². The first-order valence-electron chi connectivity index (χ1n) is 12.1. The Morgan fingerprint density at radius 2 is 2.00 bits per heavy atom. The van der Waals surface area contributed by atoms with Gasteiger partial charge in [0.2, 0.25) is 5.91 Å². The second-order valence-corrected chi connectivity index (χ2v) is 10.2. The lowest BCUT2D eigenvalue weighted by Crippen LogP contribution is -2.64. The van der Waals surface area contributed by atoms with Crippen LogP contribution in [-0.2, 0) is 11.3 Å². The summed E-state index contributed by atoms with van der Waals surface area (Å²) < 4.78 is 1.75. The van der Waals surface area contributed by atoms with Gasteiger partial charge < -0.3 is 10.6 Å². The van der Waals surface area contributed by atoms with Crippen molar-refractivity contribution < 1.29 is 4.79 Å². The predicted molar refractivity (Wildman–Crippen MR) is 118 cm³/mol. The molecule has 1 aromatic rings. The summed E-state index contributed by atoms with van der Waals surface area (Å²) in [7, 11) is 0. The fourth-order valence-corrected chi connectivity index (χ4v) is 6.17. The maximum absolute atomic E-state index is 13.4. The maximum atomic E-state index is 13.4. The molecule has 5 atom stereocenters. The Morgan fingerprint density at radius 1 is 1.23 bits per heavy atom. The summed E-state index contributed by atoms with van der Waals surface area (Å²) in [5.74, 6) is 3.07. The van der Waals surface area contributed by atoms with E-state index in [9.17, 15) is 4.79 Å². The Balaban J connectivity index is 1.50. The average molecular weight is 417 g/mol. The molecule has 1 aromatic heterocycles. The van der Waals surface area contributed by atoms with E-state index >= 15 is 0 Å². The van der Waals surface area contributed by atoms with E-state index in [1.807, 2.05) is 6.92 Å². The SMILES string of the molecule is CCC[C@H]1[C@H]2C[C@H](CN(C(=O)Cn3nc(C)nc3[C@@H](N)C(C)C)C2)[C@@H]2CCCCN21. The zero-order valence-electron chi connectivity index (χ0n) is 19.3. The van der Waals surface area contributed by atoms with Crippen LogP contribution >= 0.6 is 0 Å². The molecule has 7 heteroatoms. The van der Waals surface area contributed by atoms with Crippen molar-refractivity contribution in [1.82, 2.24) is 24.6 Å². The Hall–Kier alpha value is -1.47. The monoisotopic (exact) mass is 416 g/mol. The summed E-state index contributed by atoms with van der Waals surface area (Å²) >= 11 is 0. The standard InChI is InChI=1S/C23H40N6O/c1-5-8-19-17-11-18(20-9-6-7-10-28(19)20)13-27(12-17)21(30)14-29-23(22(24)15(2)3)25-16(4)26-29/h15,17-20,22H,5-14,24H2,1-4H3/t17-,18+,19-,20-,22-/m0/s1. The number of hydrogen-bond donors (Lipinski definition) is 1. The van der Waals surface area contributed by atoms with E-state index in [1.165, 1.54) is 45.1 Å². The normalized spacial score (nSPS) is 30.4. The number of hydrogen-bond acceptors (Lipinski definition) is 5. The Bertz CT molecular complexity index is 746. The van der Waals surface area contributed by atoms with Gasteiger partial charge in [0.05, 0.1) is 6.04 Å². The zero-order valence-corrected chi connectivity index (χ0v) is 19.3. The molecule has 1 amide bonds. The lowest BCUT2D eigenvalue weighted by Gasteiger charge is -2.57. The first-order chi connectivity index (χ1) is 14.4. The number of likely N-dealkylation sites (tertiary alicyclic amines) is 1. The first kappa shape index (κ1) is 21.8. The molecule has 4 heterocycles. The molecule has 30 heavy (non-hydrogen) atoms. The molecule has 7 nitrogen and oxygen atoms in total. The van der Waals surface area contributed by atoms with Gasteiger partial charge in [-0.15, -0.1) is 0 Å². The molecule has 4 rings (SSSR count). The third kappa shape index (κ3) is 4.15. The molecule has 0 radical (unpaired) electrons. The minimum atomic E-state index is -0.204. The van der Waals surface area contributed by atoms with Gasteiger partial charge in [0.25, 0.3) is 0 Å². The summed E-state index contributed by atoms with van der Waals surface area (Å²) in [6, 6.07) is 1.11. The second-order valence-electron chi connectivity index (χ2n) is 10.2. The fraction of sp³-hybridized carbons (Fsp3) is 0.870. The van der Waals surface area contributed by atoms with Crippen molar-refractivity contribution in [2.24, 2.45) is 23.5 Å². The minimum Gasteiger partial charge on any atom is -0.340 e. The van der Waals surface area contributed by atoms with E-state index in [0.29, 0.717) is 29.7 Å². The summed E-state index contributed by atoms with van der Waals surface area (Å²) in [5.41, 5.74) is 6.35. The molecule has 0 unspecified atom stereocenters. The van der Waals surface area contributed by atoms with E-state index in [4.69, 9.17) is 5.73 Å². The van der Waals surface area contributed by atoms with E-state index in [0.717, 1.165) is 18.9 Å². The van der Waals surface area contributed by atoms with Crippen molar-refractivity contribution in [3.63, 3.8) is 0 Å². The molecule has 2 bridgehead atoms. The number of carbonyl (C=O) groups is 1. The summed E-state index contributed by atoms with van der Waals surface area (Å²) in [4.78, 5) is 22.8. The Morgan fingerprint density at radius 3 is 2.73 bits per heavy atom. The number of aryl methyl sites for hydroxylation is 1. The van der Waals surface area contributed by atoms with Crippen LogP contribution in [0, 0.1) is 24.7 Å². The molecule has 0 spiro atoms. The molecule has 3 aliphatic rings. The Kier molecular flexibility index (Phi) is 6.49. The number of carbonyl (C=O) groups excluding carboxylic acids is 1. The lowest BCUT2D eigenvalue weighted by molar-refractivity contribution is -0.142. The number of fused-ring (bicyclic) bond motifs is 4. The number of rotatable bonds is 6. The van der Waals surface area contributed by atoms with Gasteiger partial charge in [-0.25, -0.2) is 9.67 Å². The third-order valence-electron chi connectivity index (χ3n) is 7.67. The van der Waals surface area contributed by atoms with Gasteiger partial charge in [0, 0.05) is 25.2 Å². The third-order valence-corrected chi connectivity index (χ3v) is 7.67. The number of aromatic nitrogens is 3. The van der Waals surface area contributed by atoms with Crippen molar-refractivity contribution >= 4 is 5.91 Å². The van der Waals surface area contributed by atoms with Gasteiger partial charge >= 0.3 is 0 Å². The van der Waals surface area contributed by atoms with E-state index in [-0.39, 0.29) is 24.4 Å². The van der Waals surface area contributed by atoms with Crippen molar-refractivity contribution in [3.05, 3.63) is 11.6 Å². The van der Waals surface area contributed by atoms with Crippen LogP contribution in [0.3, 0.4) is 0 Å². The molecular weight excluding hydrogens is 376 g/mol. The van der Waals surface area contributed by atoms with Gasteiger partial charge in [-0.1, -0.05) is 33.6 Å². The highest BCUT2D eigenvalue weighted by Crippen LogP contribution is 2.42. The number of piperidine rings is 3. The van der Waals surface area contributed by atoms with Crippen LogP contribution in [0.2, 0.25) is 0 Å². The largest absolute Gasteiger partial charge is 0.340 e. The zero-order chi connectivity index (χ0) is 21.4. The van der Waals surface area contributed by atoms with Crippen molar-refractivity contribution in [2.75, 3.05) is 19.6 Å². The maximum Gasteiger partial charge on any atom is 0.244 e. The molecule has 0 aromatic carbocycles. The highest BCUT2D eigenvalue weighted by molar-refractivity contribution is 5.76.